The Hall–Kier alpha value is -3.96. The molecule has 39 heavy (non-hydrogen) atoms. The normalized spacial score (nSPS) is 12.6. The van der Waals surface area contributed by atoms with E-state index >= 15 is 4.39 Å². The third-order valence-electron chi connectivity index (χ3n) is 6.30. The number of aromatic nitrogens is 3. The fourth-order valence-electron chi connectivity index (χ4n) is 4.22. The molecule has 0 aliphatic heterocycles. The Bertz CT molecular complexity index is 1690. The molecule has 0 bridgehead atoms. The molecule has 4 aromatic rings. The van der Waals surface area contributed by atoms with E-state index in [4.69, 9.17) is 4.74 Å². The summed E-state index contributed by atoms with van der Waals surface area (Å²) in [5.74, 6) is -2.56. The number of nitrogens with zero attached hydrogens (tertiary/aromatic N) is 3. The molecule has 0 fully saturated rings. The van der Waals surface area contributed by atoms with Crippen LogP contribution in [-0.2, 0) is 21.2 Å². The van der Waals surface area contributed by atoms with Gasteiger partial charge in [-0.1, -0.05) is 36.4 Å². The number of sulfone groups is 1. The van der Waals surface area contributed by atoms with Crippen molar-refractivity contribution < 1.29 is 27.0 Å². The third kappa shape index (κ3) is 5.45. The predicted molar refractivity (Wildman–Crippen MR) is 140 cm³/mol. The Morgan fingerprint density at radius 1 is 1.03 bits per heavy atom. The Balaban J connectivity index is 1.87. The number of ether oxygens (including phenoxy) is 1. The van der Waals surface area contributed by atoms with Gasteiger partial charge in [0.05, 0.1) is 17.0 Å². The molecule has 11 heteroatoms. The van der Waals surface area contributed by atoms with Crippen LogP contribution in [-0.4, -0.2) is 34.2 Å². The van der Waals surface area contributed by atoms with Crippen molar-refractivity contribution in [3.8, 4) is 17.0 Å². The predicted octanol–water partition coefficient (Wildman–Crippen LogP) is 4.96. The molecular weight excluding hydrogens is 528 g/mol. The van der Waals surface area contributed by atoms with Crippen molar-refractivity contribution in [3.05, 3.63) is 99.9 Å². The SMILES string of the molecule is Cc1c(-c2ccc(S(=O)(=O)c3c(O)n([C@@H](C)c4ccccc4)c(COC(C)C)nc3=O)cc2F)ccnc1F. The smallest absolute Gasteiger partial charge is 0.296 e. The number of aromatic hydroxyl groups is 1. The molecule has 2 heterocycles. The van der Waals surface area contributed by atoms with Crippen LogP contribution < -0.4 is 5.56 Å². The summed E-state index contributed by atoms with van der Waals surface area (Å²) >= 11 is 0. The summed E-state index contributed by atoms with van der Waals surface area (Å²) in [7, 11) is -4.74. The van der Waals surface area contributed by atoms with Crippen molar-refractivity contribution in [3.63, 3.8) is 0 Å². The molecule has 1 atom stereocenters. The molecule has 2 aromatic carbocycles. The van der Waals surface area contributed by atoms with E-state index in [-0.39, 0.29) is 35.2 Å². The van der Waals surface area contributed by atoms with E-state index in [9.17, 15) is 22.7 Å². The largest absolute Gasteiger partial charge is 0.493 e. The average Bonchev–Trinajstić information content (AvgIpc) is 2.89. The maximum atomic E-state index is 15.2. The molecule has 1 N–H and O–H groups in total. The van der Waals surface area contributed by atoms with Crippen LogP contribution in [0.4, 0.5) is 8.78 Å². The Morgan fingerprint density at radius 3 is 2.36 bits per heavy atom. The molecule has 0 radical (unpaired) electrons. The quantitative estimate of drug-likeness (QED) is 0.306. The molecule has 4 rings (SSSR count). The van der Waals surface area contributed by atoms with Gasteiger partial charge < -0.3 is 9.84 Å². The minimum absolute atomic E-state index is 0.0261. The van der Waals surface area contributed by atoms with Gasteiger partial charge >= 0.3 is 0 Å². The fourth-order valence-corrected chi connectivity index (χ4v) is 5.57. The van der Waals surface area contributed by atoms with E-state index in [2.05, 4.69) is 9.97 Å². The second kappa shape index (κ2) is 11.0. The molecule has 0 unspecified atom stereocenters. The van der Waals surface area contributed by atoms with Crippen LogP contribution >= 0.6 is 0 Å². The first-order chi connectivity index (χ1) is 18.4. The Kier molecular flexibility index (Phi) is 7.94. The molecule has 0 amide bonds. The molecule has 2 aromatic heterocycles. The number of hydrogen-bond donors (Lipinski definition) is 1. The van der Waals surface area contributed by atoms with Crippen LogP contribution in [0.2, 0.25) is 0 Å². The number of pyridine rings is 1. The zero-order valence-corrected chi connectivity index (χ0v) is 22.5. The maximum Gasteiger partial charge on any atom is 0.296 e. The third-order valence-corrected chi connectivity index (χ3v) is 8.07. The van der Waals surface area contributed by atoms with Crippen LogP contribution in [0.15, 0.2) is 75.4 Å². The first-order valence-electron chi connectivity index (χ1n) is 12.1. The number of benzene rings is 2. The molecule has 8 nitrogen and oxygen atoms in total. The molecular formula is C28H27F2N3O5S. The van der Waals surface area contributed by atoms with Gasteiger partial charge in [-0.15, -0.1) is 0 Å². The molecule has 0 aliphatic rings. The Morgan fingerprint density at radius 2 is 1.72 bits per heavy atom. The van der Waals surface area contributed by atoms with E-state index in [1.807, 2.05) is 0 Å². The number of hydrogen-bond acceptors (Lipinski definition) is 7. The van der Waals surface area contributed by atoms with Crippen LogP contribution in [0.25, 0.3) is 11.1 Å². The van der Waals surface area contributed by atoms with Gasteiger partial charge in [0.1, 0.15) is 18.2 Å². The fraction of sp³-hybridized carbons (Fsp3) is 0.250. The molecule has 0 saturated carbocycles. The lowest BCUT2D eigenvalue weighted by Crippen LogP contribution is -2.27. The first-order valence-corrected chi connectivity index (χ1v) is 13.6. The van der Waals surface area contributed by atoms with E-state index in [1.54, 1.807) is 51.1 Å². The van der Waals surface area contributed by atoms with Crippen molar-refractivity contribution in [2.45, 2.75) is 56.2 Å². The minimum atomic E-state index is -4.74. The zero-order chi connectivity index (χ0) is 28.5. The van der Waals surface area contributed by atoms with Gasteiger partial charge in [-0.3, -0.25) is 9.36 Å². The summed E-state index contributed by atoms with van der Waals surface area (Å²) < 4.78 is 63.1. The van der Waals surface area contributed by atoms with Gasteiger partial charge in [-0.2, -0.15) is 9.37 Å². The summed E-state index contributed by atoms with van der Waals surface area (Å²) in [4.78, 5) is 18.9. The minimum Gasteiger partial charge on any atom is -0.493 e. The topological polar surface area (TPSA) is 111 Å². The highest BCUT2D eigenvalue weighted by molar-refractivity contribution is 7.91. The lowest BCUT2D eigenvalue weighted by Gasteiger charge is -2.23. The molecule has 0 saturated heterocycles. The second-order valence-corrected chi connectivity index (χ2v) is 11.1. The maximum absolute atomic E-state index is 15.2. The van der Waals surface area contributed by atoms with Gasteiger partial charge in [-0.05, 0) is 57.0 Å². The first kappa shape index (κ1) is 28.1. The summed E-state index contributed by atoms with van der Waals surface area (Å²) in [6.45, 7) is 6.53. The summed E-state index contributed by atoms with van der Waals surface area (Å²) in [6.07, 6.45) is 0.943. The van der Waals surface area contributed by atoms with Gasteiger partial charge in [0, 0.05) is 17.3 Å². The number of rotatable bonds is 8. The van der Waals surface area contributed by atoms with Gasteiger partial charge in [-0.25, -0.2) is 17.8 Å². The summed E-state index contributed by atoms with van der Waals surface area (Å²) in [6, 6.07) is 12.7. The highest BCUT2D eigenvalue weighted by atomic mass is 32.2. The van der Waals surface area contributed by atoms with Gasteiger partial charge in [0.25, 0.3) is 5.56 Å². The lowest BCUT2D eigenvalue weighted by atomic mass is 10.0. The van der Waals surface area contributed by atoms with Crippen molar-refractivity contribution in [1.29, 1.82) is 0 Å². The Labute approximate surface area is 224 Å². The average molecular weight is 556 g/mol. The van der Waals surface area contributed by atoms with Crippen LogP contribution in [0.5, 0.6) is 5.88 Å². The summed E-state index contributed by atoms with van der Waals surface area (Å²) in [5, 5.41) is 11.3. The molecule has 0 spiro atoms. The van der Waals surface area contributed by atoms with Crippen LogP contribution in [0.1, 0.15) is 43.8 Å². The van der Waals surface area contributed by atoms with Crippen LogP contribution in [0, 0.1) is 18.7 Å². The highest BCUT2D eigenvalue weighted by Crippen LogP contribution is 2.34. The zero-order valence-electron chi connectivity index (χ0n) is 21.7. The van der Waals surface area contributed by atoms with Gasteiger partial charge in [0.2, 0.25) is 21.7 Å². The van der Waals surface area contributed by atoms with Crippen molar-refractivity contribution in [2.75, 3.05) is 0 Å². The second-order valence-electron chi connectivity index (χ2n) is 9.22. The lowest BCUT2D eigenvalue weighted by molar-refractivity contribution is 0.0573. The standard InChI is InChI=1S/C28H27F2N3O5S/c1-16(2)38-15-24-32-27(34)25(28(35)33(24)18(4)19-8-6-5-7-9-19)39(36,37)20-10-11-22(23(29)14-20)21-12-13-31-26(30)17(21)3/h5-14,16,18,35H,15H2,1-4H3/t18-/m0/s1. The van der Waals surface area contributed by atoms with Crippen molar-refractivity contribution in [1.82, 2.24) is 14.5 Å². The highest BCUT2D eigenvalue weighted by Gasteiger charge is 2.32. The van der Waals surface area contributed by atoms with E-state index in [0.29, 0.717) is 5.56 Å². The van der Waals surface area contributed by atoms with Crippen molar-refractivity contribution in [2.24, 2.45) is 0 Å². The van der Waals surface area contributed by atoms with E-state index in [0.717, 1.165) is 12.1 Å². The van der Waals surface area contributed by atoms with Crippen LogP contribution in [0.3, 0.4) is 0 Å². The van der Waals surface area contributed by atoms with Gasteiger partial charge in [0.15, 0.2) is 4.90 Å². The molecule has 204 valence electrons. The van der Waals surface area contributed by atoms with E-state index in [1.165, 1.54) is 29.8 Å². The molecule has 0 aliphatic carbocycles. The monoisotopic (exact) mass is 555 g/mol. The van der Waals surface area contributed by atoms with E-state index < -0.39 is 48.9 Å². The van der Waals surface area contributed by atoms with Crippen molar-refractivity contribution >= 4 is 9.84 Å². The summed E-state index contributed by atoms with van der Waals surface area (Å²) in [5.41, 5.74) is -0.259. The number of halogens is 2.